The van der Waals surface area contributed by atoms with Crippen molar-refractivity contribution in [3.63, 3.8) is 0 Å². The van der Waals surface area contributed by atoms with E-state index in [1.807, 2.05) is 6.07 Å². The Morgan fingerprint density at radius 2 is 2.04 bits per heavy atom. The van der Waals surface area contributed by atoms with E-state index in [-0.39, 0.29) is 28.6 Å². The molecule has 132 valence electrons. The Labute approximate surface area is 156 Å². The first-order chi connectivity index (χ1) is 12.5. The summed E-state index contributed by atoms with van der Waals surface area (Å²) in [5.74, 6) is 0.511. The fraction of sp³-hybridized carbons (Fsp3) is 0.111. The molecule has 0 fully saturated rings. The summed E-state index contributed by atoms with van der Waals surface area (Å²) < 4.78 is 32.9. The Bertz CT molecular complexity index is 1030. The van der Waals surface area contributed by atoms with Gasteiger partial charge >= 0.3 is 0 Å². The van der Waals surface area contributed by atoms with Gasteiger partial charge in [0.25, 0.3) is 0 Å². The summed E-state index contributed by atoms with van der Waals surface area (Å²) in [6.45, 7) is 0.177. The first-order valence-corrected chi connectivity index (χ1v) is 9.43. The third-order valence-electron chi connectivity index (χ3n) is 3.69. The standard InChI is InChI=1S/C18H14ClN3O3S/c19-18-9-17(6-5-15(18)10-20)26(23,24)22(13-16-4-2-8-25-16)12-14-3-1-7-21-11-14/h1-9,11H,12-13H2. The number of rotatable bonds is 6. The van der Waals surface area contributed by atoms with Gasteiger partial charge in [-0.15, -0.1) is 0 Å². The highest BCUT2D eigenvalue weighted by Gasteiger charge is 2.26. The zero-order valence-electron chi connectivity index (χ0n) is 13.5. The van der Waals surface area contributed by atoms with E-state index < -0.39 is 10.0 Å². The van der Waals surface area contributed by atoms with Crippen LogP contribution in [0.1, 0.15) is 16.9 Å². The van der Waals surface area contributed by atoms with Crippen LogP contribution in [-0.4, -0.2) is 17.7 Å². The maximum absolute atomic E-state index is 13.1. The Balaban J connectivity index is 1.98. The van der Waals surface area contributed by atoms with Crippen LogP contribution < -0.4 is 0 Å². The van der Waals surface area contributed by atoms with Crippen LogP contribution in [0.4, 0.5) is 0 Å². The summed E-state index contributed by atoms with van der Waals surface area (Å²) in [6.07, 6.45) is 4.72. The van der Waals surface area contributed by atoms with E-state index in [2.05, 4.69) is 4.98 Å². The SMILES string of the molecule is N#Cc1ccc(S(=O)(=O)N(Cc2cccnc2)Cc2ccco2)cc1Cl. The van der Waals surface area contributed by atoms with Crippen LogP contribution >= 0.6 is 11.6 Å². The highest BCUT2D eigenvalue weighted by atomic mass is 35.5. The van der Waals surface area contributed by atoms with Crippen molar-refractivity contribution in [3.05, 3.63) is 83.0 Å². The Morgan fingerprint density at radius 1 is 1.19 bits per heavy atom. The molecule has 3 rings (SSSR count). The van der Waals surface area contributed by atoms with Crippen LogP contribution in [0.15, 0.2) is 70.4 Å². The second-order valence-electron chi connectivity index (χ2n) is 5.47. The molecule has 0 unspecified atom stereocenters. The molecule has 0 aliphatic carbocycles. The van der Waals surface area contributed by atoms with E-state index in [0.717, 1.165) is 5.56 Å². The Kier molecular flexibility index (Phi) is 5.38. The molecule has 0 saturated carbocycles. The van der Waals surface area contributed by atoms with E-state index in [9.17, 15) is 8.42 Å². The molecule has 2 aromatic heterocycles. The summed E-state index contributed by atoms with van der Waals surface area (Å²) in [5.41, 5.74) is 0.956. The lowest BCUT2D eigenvalue weighted by molar-refractivity contribution is 0.358. The van der Waals surface area contributed by atoms with E-state index in [0.29, 0.717) is 5.76 Å². The van der Waals surface area contributed by atoms with Crippen LogP contribution in [0, 0.1) is 11.3 Å². The molecule has 0 saturated heterocycles. The van der Waals surface area contributed by atoms with Crippen molar-refractivity contribution in [3.8, 4) is 6.07 Å². The number of hydrogen-bond donors (Lipinski definition) is 0. The number of aromatic nitrogens is 1. The smallest absolute Gasteiger partial charge is 0.243 e. The topological polar surface area (TPSA) is 87.2 Å². The van der Waals surface area contributed by atoms with Crippen molar-refractivity contribution in [2.45, 2.75) is 18.0 Å². The average molecular weight is 388 g/mol. The number of halogens is 1. The molecular formula is C18H14ClN3O3S. The Hall–Kier alpha value is -2.66. The number of nitrogens with zero attached hydrogens (tertiary/aromatic N) is 3. The van der Waals surface area contributed by atoms with Crippen LogP contribution in [-0.2, 0) is 23.1 Å². The Morgan fingerprint density at radius 3 is 2.65 bits per heavy atom. The van der Waals surface area contributed by atoms with Gasteiger partial charge in [0.05, 0.1) is 28.3 Å². The minimum atomic E-state index is -3.87. The third-order valence-corrected chi connectivity index (χ3v) is 5.79. The maximum Gasteiger partial charge on any atom is 0.243 e. The van der Waals surface area contributed by atoms with Crippen LogP contribution in [0.2, 0.25) is 5.02 Å². The molecule has 0 bridgehead atoms. The number of benzene rings is 1. The fourth-order valence-electron chi connectivity index (χ4n) is 2.39. The molecule has 0 spiro atoms. The van der Waals surface area contributed by atoms with Crippen LogP contribution in [0.25, 0.3) is 0 Å². The molecule has 1 aromatic carbocycles. The molecule has 2 heterocycles. The molecule has 6 nitrogen and oxygen atoms in total. The summed E-state index contributed by atoms with van der Waals surface area (Å²) in [5, 5.41) is 9.06. The van der Waals surface area contributed by atoms with Gasteiger partial charge in [0.15, 0.2) is 0 Å². The number of hydrogen-bond acceptors (Lipinski definition) is 5. The van der Waals surface area contributed by atoms with Crippen molar-refractivity contribution in [1.82, 2.24) is 9.29 Å². The zero-order valence-corrected chi connectivity index (χ0v) is 15.1. The van der Waals surface area contributed by atoms with Gasteiger partial charge in [-0.05, 0) is 42.0 Å². The van der Waals surface area contributed by atoms with Gasteiger partial charge in [-0.2, -0.15) is 9.57 Å². The van der Waals surface area contributed by atoms with E-state index in [1.165, 1.54) is 28.8 Å². The molecule has 0 atom stereocenters. The third kappa shape index (κ3) is 3.94. The largest absolute Gasteiger partial charge is 0.468 e. The van der Waals surface area contributed by atoms with Gasteiger partial charge in [-0.1, -0.05) is 17.7 Å². The lowest BCUT2D eigenvalue weighted by atomic mass is 10.2. The molecule has 0 aliphatic heterocycles. The van der Waals surface area contributed by atoms with Gasteiger partial charge in [0, 0.05) is 18.9 Å². The molecule has 0 aliphatic rings. The molecule has 0 radical (unpaired) electrons. The summed E-state index contributed by atoms with van der Waals surface area (Å²) in [7, 11) is -3.87. The number of furan rings is 1. The second kappa shape index (κ2) is 7.70. The van der Waals surface area contributed by atoms with Gasteiger partial charge in [-0.25, -0.2) is 8.42 Å². The molecule has 0 amide bonds. The van der Waals surface area contributed by atoms with Crippen molar-refractivity contribution in [2.75, 3.05) is 0 Å². The monoisotopic (exact) mass is 387 g/mol. The number of sulfonamides is 1. The maximum atomic E-state index is 13.1. The van der Waals surface area contributed by atoms with Crippen LogP contribution in [0.5, 0.6) is 0 Å². The second-order valence-corrected chi connectivity index (χ2v) is 7.81. The molecule has 0 N–H and O–H groups in total. The first-order valence-electron chi connectivity index (χ1n) is 7.62. The number of nitriles is 1. The van der Waals surface area contributed by atoms with Crippen molar-refractivity contribution < 1.29 is 12.8 Å². The predicted octanol–water partition coefficient (Wildman–Crippen LogP) is 3.59. The van der Waals surface area contributed by atoms with Crippen LogP contribution in [0.3, 0.4) is 0 Å². The summed E-state index contributed by atoms with van der Waals surface area (Å²) >= 11 is 6.01. The van der Waals surface area contributed by atoms with E-state index in [1.54, 1.807) is 36.7 Å². The summed E-state index contributed by atoms with van der Waals surface area (Å²) in [4.78, 5) is 4.04. The fourth-order valence-corrected chi connectivity index (χ4v) is 4.10. The predicted molar refractivity (Wildman–Crippen MR) is 95.5 cm³/mol. The minimum Gasteiger partial charge on any atom is -0.468 e. The lowest BCUT2D eigenvalue weighted by Crippen LogP contribution is -2.30. The molecule has 26 heavy (non-hydrogen) atoms. The highest BCUT2D eigenvalue weighted by molar-refractivity contribution is 7.89. The van der Waals surface area contributed by atoms with Gasteiger partial charge < -0.3 is 4.42 Å². The highest BCUT2D eigenvalue weighted by Crippen LogP contribution is 2.25. The average Bonchev–Trinajstić information content (AvgIpc) is 3.15. The van der Waals surface area contributed by atoms with Gasteiger partial charge in [0.2, 0.25) is 10.0 Å². The normalized spacial score (nSPS) is 11.4. The zero-order chi connectivity index (χ0) is 18.6. The van der Waals surface area contributed by atoms with E-state index in [4.69, 9.17) is 21.3 Å². The summed E-state index contributed by atoms with van der Waals surface area (Å²) in [6, 6.07) is 12.9. The molecular weight excluding hydrogens is 374 g/mol. The first kappa shape index (κ1) is 18.1. The van der Waals surface area contributed by atoms with Crippen molar-refractivity contribution >= 4 is 21.6 Å². The number of pyridine rings is 1. The lowest BCUT2D eigenvalue weighted by Gasteiger charge is -2.21. The van der Waals surface area contributed by atoms with Crippen molar-refractivity contribution in [1.29, 1.82) is 5.26 Å². The van der Waals surface area contributed by atoms with Gasteiger partial charge in [0.1, 0.15) is 11.8 Å². The van der Waals surface area contributed by atoms with Crippen molar-refractivity contribution in [2.24, 2.45) is 0 Å². The van der Waals surface area contributed by atoms with E-state index >= 15 is 0 Å². The molecule has 3 aromatic rings. The van der Waals surface area contributed by atoms with Gasteiger partial charge in [-0.3, -0.25) is 4.98 Å². The molecule has 8 heteroatoms. The quantitative estimate of drug-likeness (QED) is 0.645. The minimum absolute atomic E-state index is 0.0111.